The molecule has 9 heteroatoms. The lowest BCUT2D eigenvalue weighted by Crippen LogP contribution is -2.63. The van der Waals surface area contributed by atoms with Crippen LogP contribution in [0, 0.1) is 0 Å². The predicted octanol–water partition coefficient (Wildman–Crippen LogP) is 2.83. The Hall–Kier alpha value is -3.36. The molecule has 3 amide bonds. The fourth-order valence-electron chi connectivity index (χ4n) is 4.50. The fourth-order valence-corrected chi connectivity index (χ4v) is 4.50. The zero-order valence-electron chi connectivity index (χ0n) is 19.4. The van der Waals surface area contributed by atoms with E-state index in [1.165, 1.54) is 28.5 Å². The summed E-state index contributed by atoms with van der Waals surface area (Å²) in [5.41, 5.74) is -0.138. The summed E-state index contributed by atoms with van der Waals surface area (Å²) in [5, 5.41) is 10.3. The second-order valence-electron chi connectivity index (χ2n) is 9.06. The van der Waals surface area contributed by atoms with Crippen LogP contribution in [-0.4, -0.2) is 58.1 Å². The molecule has 0 spiro atoms. The Kier molecular flexibility index (Phi) is 6.40. The topological polar surface area (TPSA) is 106 Å². The van der Waals surface area contributed by atoms with Gasteiger partial charge in [0.15, 0.2) is 5.69 Å². The van der Waals surface area contributed by atoms with Crippen molar-refractivity contribution in [2.75, 3.05) is 19.5 Å². The van der Waals surface area contributed by atoms with Gasteiger partial charge in [0.2, 0.25) is 5.91 Å². The van der Waals surface area contributed by atoms with Crippen molar-refractivity contribution in [3.8, 4) is 5.75 Å². The van der Waals surface area contributed by atoms with E-state index in [4.69, 9.17) is 4.74 Å². The number of nitrogens with one attached hydrogen (secondary N) is 2. The van der Waals surface area contributed by atoms with E-state index < -0.39 is 11.4 Å². The van der Waals surface area contributed by atoms with Gasteiger partial charge >= 0.3 is 0 Å². The number of amides is 3. The lowest BCUT2D eigenvalue weighted by atomic mass is 9.95. The summed E-state index contributed by atoms with van der Waals surface area (Å²) in [5.74, 6) is -0.351. The van der Waals surface area contributed by atoms with Gasteiger partial charge in [-0.2, -0.15) is 5.10 Å². The molecule has 2 aliphatic rings. The Morgan fingerprint density at radius 3 is 2.58 bits per heavy atom. The van der Waals surface area contributed by atoms with E-state index in [9.17, 15) is 14.4 Å². The van der Waals surface area contributed by atoms with Crippen LogP contribution < -0.4 is 15.4 Å². The van der Waals surface area contributed by atoms with Crippen molar-refractivity contribution in [1.29, 1.82) is 0 Å². The lowest BCUT2D eigenvalue weighted by molar-refractivity contribution is -0.133. The molecule has 1 aromatic heterocycles. The molecule has 9 nitrogen and oxygen atoms in total. The van der Waals surface area contributed by atoms with Crippen LogP contribution in [0.2, 0.25) is 0 Å². The number of hydrogen-bond donors (Lipinski definition) is 2. The molecule has 4 rings (SSSR count). The van der Waals surface area contributed by atoms with Gasteiger partial charge in [0.1, 0.15) is 17.0 Å². The molecule has 1 fully saturated rings. The van der Waals surface area contributed by atoms with Gasteiger partial charge < -0.3 is 20.3 Å². The van der Waals surface area contributed by atoms with Crippen molar-refractivity contribution < 1.29 is 19.1 Å². The van der Waals surface area contributed by atoms with Gasteiger partial charge in [-0.15, -0.1) is 0 Å². The first kappa shape index (κ1) is 22.8. The maximum atomic E-state index is 13.3. The Balaban J connectivity index is 1.52. The number of nitrogens with zero attached hydrogens (tertiary/aromatic N) is 3. The number of carbonyl (C=O) groups excluding carboxylic acids is 3. The van der Waals surface area contributed by atoms with E-state index in [1.807, 2.05) is 0 Å². The number of anilines is 1. The Labute approximate surface area is 193 Å². The first-order chi connectivity index (χ1) is 15.8. The van der Waals surface area contributed by atoms with Crippen molar-refractivity contribution in [2.45, 2.75) is 63.6 Å². The average Bonchev–Trinajstić information content (AvgIpc) is 3.06. The second kappa shape index (κ2) is 9.25. The third-order valence-corrected chi connectivity index (χ3v) is 6.74. The molecular weight excluding hydrogens is 422 g/mol. The molecular formula is C24H31N5O4. The molecule has 2 aromatic rings. The molecule has 1 aromatic carbocycles. The summed E-state index contributed by atoms with van der Waals surface area (Å²) in [6.45, 7) is 1.92. The number of benzene rings is 1. The van der Waals surface area contributed by atoms with Gasteiger partial charge in [0.05, 0.1) is 13.7 Å². The first-order valence-corrected chi connectivity index (χ1v) is 11.4. The van der Waals surface area contributed by atoms with Crippen LogP contribution in [0.25, 0.3) is 0 Å². The van der Waals surface area contributed by atoms with Crippen LogP contribution in [0.3, 0.4) is 0 Å². The zero-order chi connectivity index (χ0) is 23.6. The minimum Gasteiger partial charge on any atom is -0.497 e. The van der Waals surface area contributed by atoms with Crippen LogP contribution in [0.4, 0.5) is 5.69 Å². The third-order valence-electron chi connectivity index (χ3n) is 6.74. The summed E-state index contributed by atoms with van der Waals surface area (Å²) in [7, 11) is 3.18. The van der Waals surface area contributed by atoms with Crippen LogP contribution in [0.5, 0.6) is 5.75 Å². The van der Waals surface area contributed by atoms with Crippen LogP contribution in [-0.2, 0) is 11.3 Å². The zero-order valence-corrected chi connectivity index (χ0v) is 19.4. The largest absolute Gasteiger partial charge is 0.497 e. The van der Waals surface area contributed by atoms with Gasteiger partial charge in [-0.1, -0.05) is 31.7 Å². The molecule has 33 heavy (non-hydrogen) atoms. The van der Waals surface area contributed by atoms with Crippen LogP contribution in [0.1, 0.15) is 66.4 Å². The summed E-state index contributed by atoms with van der Waals surface area (Å²) >= 11 is 0. The third kappa shape index (κ3) is 4.58. The molecule has 0 unspecified atom stereocenters. The number of likely N-dealkylation sites (N-methyl/N-ethyl adjacent to an activating group) is 1. The molecule has 176 valence electrons. The molecule has 0 bridgehead atoms. The lowest BCUT2D eigenvalue weighted by Gasteiger charge is -2.41. The molecule has 0 radical (unpaired) electrons. The molecule has 2 N–H and O–H groups in total. The van der Waals surface area contributed by atoms with Gasteiger partial charge in [-0.05, 0) is 31.9 Å². The van der Waals surface area contributed by atoms with Gasteiger partial charge in [-0.3, -0.25) is 19.1 Å². The SMILES string of the molecule is COc1cccc(NC(=O)c2cc3n(n2)C[C@](C)(C(=O)NC2CCCCCC2)N(C)C3=O)c1. The smallest absolute Gasteiger partial charge is 0.276 e. The number of methoxy groups -OCH3 is 1. The number of carbonyl (C=O) groups is 3. The maximum Gasteiger partial charge on any atom is 0.276 e. The first-order valence-electron chi connectivity index (χ1n) is 11.4. The van der Waals surface area contributed by atoms with Gasteiger partial charge in [0.25, 0.3) is 11.8 Å². The average molecular weight is 454 g/mol. The molecule has 1 atom stereocenters. The Bertz CT molecular complexity index is 1060. The highest BCUT2D eigenvalue weighted by Crippen LogP contribution is 2.27. The van der Waals surface area contributed by atoms with E-state index in [1.54, 1.807) is 45.3 Å². The van der Waals surface area contributed by atoms with E-state index in [-0.39, 0.29) is 35.8 Å². The van der Waals surface area contributed by atoms with E-state index >= 15 is 0 Å². The molecule has 1 aliphatic heterocycles. The fraction of sp³-hybridized carbons (Fsp3) is 0.500. The number of hydrogen-bond acceptors (Lipinski definition) is 5. The van der Waals surface area contributed by atoms with E-state index in [2.05, 4.69) is 15.7 Å². The highest BCUT2D eigenvalue weighted by molar-refractivity contribution is 6.05. The normalized spacial score (nSPS) is 21.2. The number of ether oxygens (including phenoxy) is 1. The van der Waals surface area contributed by atoms with Crippen molar-refractivity contribution in [2.24, 2.45) is 0 Å². The Morgan fingerprint density at radius 2 is 1.88 bits per heavy atom. The molecule has 2 heterocycles. The molecule has 0 saturated heterocycles. The summed E-state index contributed by atoms with van der Waals surface area (Å²) in [4.78, 5) is 40.6. The number of rotatable bonds is 5. The minimum absolute atomic E-state index is 0.114. The molecule has 1 aliphatic carbocycles. The summed E-state index contributed by atoms with van der Waals surface area (Å²) < 4.78 is 6.65. The van der Waals surface area contributed by atoms with Crippen LogP contribution in [0.15, 0.2) is 30.3 Å². The van der Waals surface area contributed by atoms with Crippen LogP contribution >= 0.6 is 0 Å². The van der Waals surface area contributed by atoms with Gasteiger partial charge in [0, 0.05) is 30.9 Å². The standard InChI is InChI=1S/C24H31N5O4/c1-24(23(32)26-16-9-6-4-5-7-10-16)15-29-20(22(31)28(24)2)14-19(27-29)21(30)25-17-11-8-12-18(13-17)33-3/h8,11-14,16H,4-7,9-10,15H2,1-3H3,(H,25,30)(H,26,32)/t24-/m1/s1. The quantitative estimate of drug-likeness (QED) is 0.678. The van der Waals surface area contributed by atoms with Gasteiger partial charge in [-0.25, -0.2) is 0 Å². The monoisotopic (exact) mass is 453 g/mol. The maximum absolute atomic E-state index is 13.3. The second-order valence-corrected chi connectivity index (χ2v) is 9.06. The van der Waals surface area contributed by atoms with Crippen molar-refractivity contribution >= 4 is 23.4 Å². The van der Waals surface area contributed by atoms with Crippen molar-refractivity contribution in [3.63, 3.8) is 0 Å². The minimum atomic E-state index is -1.09. The van der Waals surface area contributed by atoms with E-state index in [0.717, 1.165) is 25.7 Å². The summed E-state index contributed by atoms with van der Waals surface area (Å²) in [6, 6.07) is 8.58. The highest BCUT2D eigenvalue weighted by Gasteiger charge is 2.46. The number of fused-ring (bicyclic) bond motifs is 1. The molecule has 1 saturated carbocycles. The predicted molar refractivity (Wildman–Crippen MR) is 123 cm³/mol. The van der Waals surface area contributed by atoms with Crippen molar-refractivity contribution in [1.82, 2.24) is 20.0 Å². The number of aromatic nitrogens is 2. The van der Waals surface area contributed by atoms with E-state index in [0.29, 0.717) is 11.4 Å². The van der Waals surface area contributed by atoms with Crippen molar-refractivity contribution in [3.05, 3.63) is 41.7 Å². The Morgan fingerprint density at radius 1 is 1.15 bits per heavy atom. The highest BCUT2D eigenvalue weighted by atomic mass is 16.5. The summed E-state index contributed by atoms with van der Waals surface area (Å²) in [6.07, 6.45) is 6.51.